The Morgan fingerprint density at radius 3 is 2.56 bits per heavy atom. The molecule has 2 fully saturated rings. The molecule has 258 valence electrons. The number of likely N-dealkylation sites (tertiary alicyclic amines) is 1. The van der Waals surface area contributed by atoms with Crippen LogP contribution in [0.2, 0.25) is 0 Å². The third-order valence-electron chi connectivity index (χ3n) is 8.69. The Kier molecular flexibility index (Phi) is 8.77. The lowest BCUT2D eigenvalue weighted by atomic mass is 9.98. The molecule has 1 saturated carbocycles. The maximum absolute atomic E-state index is 15.3. The summed E-state index contributed by atoms with van der Waals surface area (Å²) in [5.74, 6) is 6.32. The van der Waals surface area contributed by atoms with Crippen molar-refractivity contribution in [2.75, 3.05) is 43.1 Å². The van der Waals surface area contributed by atoms with Crippen LogP contribution in [-0.4, -0.2) is 75.9 Å². The third kappa shape index (κ3) is 7.17. The van der Waals surface area contributed by atoms with Gasteiger partial charge in [-0.1, -0.05) is 24.0 Å². The van der Waals surface area contributed by atoms with Gasteiger partial charge in [-0.05, 0) is 69.2 Å². The van der Waals surface area contributed by atoms with E-state index < -0.39 is 46.3 Å². The summed E-state index contributed by atoms with van der Waals surface area (Å²) in [6, 6.07) is 7.47. The van der Waals surface area contributed by atoms with Crippen LogP contribution >= 0.6 is 11.3 Å². The highest BCUT2D eigenvalue weighted by atomic mass is 32.2. The molecule has 1 aromatic heterocycles. The average Bonchev–Trinajstić information content (AvgIpc) is 3.55. The van der Waals surface area contributed by atoms with Crippen LogP contribution in [0.3, 0.4) is 0 Å². The number of carbonyl (C=O) groups is 1. The van der Waals surface area contributed by atoms with E-state index in [9.17, 15) is 26.4 Å². The second-order valence-corrected chi connectivity index (χ2v) is 16.7. The van der Waals surface area contributed by atoms with Crippen molar-refractivity contribution in [3.63, 3.8) is 0 Å². The summed E-state index contributed by atoms with van der Waals surface area (Å²) in [7, 11) is -3.47. The van der Waals surface area contributed by atoms with Crippen molar-refractivity contribution in [3.8, 4) is 17.6 Å². The number of hydrogen-bond acceptors (Lipinski definition) is 8. The van der Waals surface area contributed by atoms with E-state index in [4.69, 9.17) is 9.47 Å². The van der Waals surface area contributed by atoms with E-state index >= 15 is 4.39 Å². The number of carbonyl (C=O) groups excluding carboxylic acids is 1. The molecule has 3 aromatic rings. The summed E-state index contributed by atoms with van der Waals surface area (Å²) >= 11 is 1.11. The van der Waals surface area contributed by atoms with Crippen LogP contribution in [0, 0.1) is 11.8 Å². The molecule has 14 heteroatoms. The SMILES string of the molecule is CC(C)(C)OC(=O)N1CC[C@@H](Nc2cccc3c(CC(F)(F)F)c(C#CCNc4ccc(S(C)(=O)=O)c5c4OCC54CC4)sc23)[C@@H](F)C1. The molecule has 6 rings (SSSR count). The van der Waals surface area contributed by atoms with Crippen LogP contribution in [0.4, 0.5) is 33.7 Å². The number of benzene rings is 2. The summed E-state index contributed by atoms with van der Waals surface area (Å²) in [6.07, 6.45) is -4.53. The maximum atomic E-state index is 15.3. The lowest BCUT2D eigenvalue weighted by Crippen LogP contribution is -2.51. The molecule has 3 heterocycles. The van der Waals surface area contributed by atoms with Gasteiger partial charge in [-0.15, -0.1) is 11.3 Å². The Morgan fingerprint density at radius 2 is 1.92 bits per heavy atom. The minimum atomic E-state index is -4.48. The number of piperidine rings is 1. The van der Waals surface area contributed by atoms with Crippen LogP contribution in [0.1, 0.15) is 56.0 Å². The Bertz CT molecular complexity index is 1920. The number of hydrogen-bond donors (Lipinski definition) is 2. The van der Waals surface area contributed by atoms with Gasteiger partial charge >= 0.3 is 12.3 Å². The molecule has 3 aliphatic rings. The number of ether oxygens (including phenoxy) is 2. The molecular weight excluding hydrogens is 671 g/mol. The van der Waals surface area contributed by atoms with Crippen LogP contribution in [0.25, 0.3) is 10.1 Å². The zero-order valence-electron chi connectivity index (χ0n) is 27.0. The van der Waals surface area contributed by atoms with Gasteiger partial charge in [0.15, 0.2) is 9.84 Å². The quantitative estimate of drug-likeness (QED) is 0.209. The van der Waals surface area contributed by atoms with E-state index in [1.54, 1.807) is 51.1 Å². The first-order chi connectivity index (χ1) is 22.4. The van der Waals surface area contributed by atoms with Crippen LogP contribution < -0.4 is 15.4 Å². The van der Waals surface area contributed by atoms with Gasteiger partial charge in [0.25, 0.3) is 0 Å². The second kappa shape index (κ2) is 12.3. The first kappa shape index (κ1) is 34.2. The Labute approximate surface area is 281 Å². The molecule has 0 bridgehead atoms. The van der Waals surface area contributed by atoms with Gasteiger partial charge in [0.1, 0.15) is 17.5 Å². The minimum absolute atomic E-state index is 0.0487. The van der Waals surface area contributed by atoms with Gasteiger partial charge in [0.2, 0.25) is 0 Å². The fourth-order valence-electron chi connectivity index (χ4n) is 6.28. The van der Waals surface area contributed by atoms with Gasteiger partial charge < -0.3 is 25.0 Å². The van der Waals surface area contributed by atoms with Crippen LogP contribution in [-0.2, 0) is 26.4 Å². The number of thiophene rings is 1. The number of nitrogens with one attached hydrogen (secondary N) is 2. The zero-order chi connectivity index (χ0) is 34.6. The molecule has 0 unspecified atom stereocenters. The Balaban J connectivity index is 1.22. The summed E-state index contributed by atoms with van der Waals surface area (Å²) in [5, 5.41) is 6.72. The molecule has 0 radical (unpaired) electrons. The van der Waals surface area contributed by atoms with Gasteiger partial charge in [0.05, 0.1) is 58.0 Å². The molecule has 2 aromatic carbocycles. The lowest BCUT2D eigenvalue weighted by Gasteiger charge is -2.36. The normalized spacial score (nSPS) is 20.1. The van der Waals surface area contributed by atoms with Crippen molar-refractivity contribution in [1.82, 2.24) is 4.90 Å². The van der Waals surface area contributed by atoms with Gasteiger partial charge in [-0.25, -0.2) is 17.6 Å². The highest BCUT2D eigenvalue weighted by Crippen LogP contribution is 2.59. The van der Waals surface area contributed by atoms with Crippen molar-refractivity contribution in [2.24, 2.45) is 0 Å². The predicted molar refractivity (Wildman–Crippen MR) is 178 cm³/mol. The highest BCUT2D eigenvalue weighted by Gasteiger charge is 2.53. The minimum Gasteiger partial charge on any atom is -0.490 e. The fraction of sp³-hybridized carbons (Fsp3) is 0.500. The summed E-state index contributed by atoms with van der Waals surface area (Å²) in [5.41, 5.74) is 0.810. The summed E-state index contributed by atoms with van der Waals surface area (Å²) < 4.78 is 93.3. The highest BCUT2D eigenvalue weighted by molar-refractivity contribution is 7.90. The number of alkyl halides is 4. The van der Waals surface area contributed by atoms with E-state index in [2.05, 4.69) is 22.5 Å². The number of halogens is 4. The van der Waals surface area contributed by atoms with Crippen LogP contribution in [0.5, 0.6) is 5.75 Å². The molecule has 2 atom stereocenters. The molecule has 2 aliphatic heterocycles. The molecule has 1 saturated heterocycles. The Hall–Kier alpha value is -3.70. The molecular formula is C34H37F4N3O5S2. The molecule has 8 nitrogen and oxygen atoms in total. The number of fused-ring (bicyclic) bond motifs is 3. The first-order valence-corrected chi connectivity index (χ1v) is 18.4. The average molecular weight is 708 g/mol. The van der Waals surface area contributed by atoms with Crippen LogP contribution in [0.15, 0.2) is 35.2 Å². The summed E-state index contributed by atoms with van der Waals surface area (Å²) in [4.78, 5) is 14.3. The number of sulfone groups is 1. The first-order valence-electron chi connectivity index (χ1n) is 15.7. The molecule has 48 heavy (non-hydrogen) atoms. The largest absolute Gasteiger partial charge is 0.490 e. The molecule has 2 N–H and O–H groups in total. The molecule has 1 aliphatic carbocycles. The van der Waals surface area contributed by atoms with Crippen molar-refractivity contribution in [2.45, 2.75) is 80.8 Å². The topological polar surface area (TPSA) is 97.0 Å². The number of amides is 1. The number of anilines is 2. The Morgan fingerprint density at radius 1 is 1.17 bits per heavy atom. The predicted octanol–water partition coefficient (Wildman–Crippen LogP) is 7.06. The summed E-state index contributed by atoms with van der Waals surface area (Å²) in [6.45, 7) is 5.79. The van der Waals surface area contributed by atoms with E-state index in [1.807, 2.05) is 0 Å². The van der Waals surface area contributed by atoms with Crippen molar-refractivity contribution >= 4 is 48.7 Å². The van der Waals surface area contributed by atoms with Gasteiger partial charge in [-0.2, -0.15) is 13.2 Å². The lowest BCUT2D eigenvalue weighted by molar-refractivity contribution is -0.126. The molecule has 1 spiro atoms. The molecule has 1 amide bonds. The monoisotopic (exact) mass is 707 g/mol. The maximum Gasteiger partial charge on any atom is 0.410 e. The second-order valence-electron chi connectivity index (χ2n) is 13.7. The van der Waals surface area contributed by atoms with Gasteiger partial charge in [-0.3, -0.25) is 0 Å². The van der Waals surface area contributed by atoms with Gasteiger partial charge in [0, 0.05) is 23.8 Å². The number of nitrogens with zero attached hydrogens (tertiary/aromatic N) is 1. The smallest absolute Gasteiger partial charge is 0.410 e. The fourth-order valence-corrected chi connectivity index (χ4v) is 8.44. The van der Waals surface area contributed by atoms with E-state index in [-0.39, 0.29) is 46.8 Å². The van der Waals surface area contributed by atoms with Crippen molar-refractivity contribution < 1.29 is 40.2 Å². The van der Waals surface area contributed by atoms with E-state index in [0.29, 0.717) is 39.4 Å². The van der Waals surface area contributed by atoms with E-state index in [0.717, 1.165) is 24.2 Å². The van der Waals surface area contributed by atoms with Crippen molar-refractivity contribution in [3.05, 3.63) is 46.3 Å². The van der Waals surface area contributed by atoms with E-state index in [1.165, 1.54) is 11.2 Å². The zero-order valence-corrected chi connectivity index (χ0v) is 28.6. The van der Waals surface area contributed by atoms with Crippen molar-refractivity contribution in [1.29, 1.82) is 0 Å². The standard InChI is InChI=1S/C34H37F4N3O5S2/c1-32(2,3)46-31(42)41-16-12-23(22(35)18-41)40-25-8-5-7-20-21(17-34(36,37)38)26(47-30(20)25)9-6-15-39-24-10-11-27(48(4,43)44)28-29(24)45-19-33(28)13-14-33/h5,7-8,10-11,22-23,39-40H,12-19H2,1-4H3/t22-,23+/m0/s1. The third-order valence-corrected chi connectivity index (χ3v) is 11.0. The number of rotatable bonds is 6.